The molecule has 21 heavy (non-hydrogen) atoms. The Morgan fingerprint density at radius 3 is 2.71 bits per heavy atom. The number of hydrogen-bond donors (Lipinski definition) is 1. The highest BCUT2D eigenvalue weighted by atomic mass is 16.5. The van der Waals surface area contributed by atoms with E-state index in [9.17, 15) is 9.59 Å². The monoisotopic (exact) mass is 287 g/mol. The molecule has 0 bridgehead atoms. The maximum atomic E-state index is 12.2. The highest BCUT2D eigenvalue weighted by Crippen LogP contribution is 2.15. The van der Waals surface area contributed by atoms with Crippen LogP contribution in [0.15, 0.2) is 30.3 Å². The summed E-state index contributed by atoms with van der Waals surface area (Å²) in [6.07, 6.45) is 0. The first-order chi connectivity index (χ1) is 10.0. The number of hydrogen-bond acceptors (Lipinski definition) is 4. The smallest absolute Gasteiger partial charge is 0.356 e. The van der Waals surface area contributed by atoms with E-state index in [1.54, 1.807) is 14.0 Å². The minimum absolute atomic E-state index is 0.170. The van der Waals surface area contributed by atoms with Crippen LogP contribution in [0.4, 0.5) is 5.69 Å². The van der Waals surface area contributed by atoms with E-state index in [0.29, 0.717) is 5.69 Å². The van der Waals surface area contributed by atoms with E-state index in [4.69, 9.17) is 4.74 Å². The van der Waals surface area contributed by atoms with Gasteiger partial charge in [-0.3, -0.25) is 9.48 Å². The van der Waals surface area contributed by atoms with Crippen LogP contribution in [-0.2, 0) is 11.8 Å². The molecule has 1 amide bonds. The molecule has 0 radical (unpaired) electrons. The summed E-state index contributed by atoms with van der Waals surface area (Å²) >= 11 is 0. The molecule has 6 nitrogen and oxygen atoms in total. The molecule has 110 valence electrons. The summed E-state index contributed by atoms with van der Waals surface area (Å²) in [4.78, 5) is 23.9. The lowest BCUT2D eigenvalue weighted by Gasteiger charge is -2.05. The first kappa shape index (κ1) is 14.8. The molecule has 2 aromatic rings. The molecule has 0 saturated carbocycles. The summed E-state index contributed by atoms with van der Waals surface area (Å²) in [6.45, 7) is 3.90. The van der Waals surface area contributed by atoms with Gasteiger partial charge in [0, 0.05) is 18.8 Å². The molecule has 1 aromatic heterocycles. The van der Waals surface area contributed by atoms with Crippen molar-refractivity contribution >= 4 is 17.6 Å². The van der Waals surface area contributed by atoms with Crippen LogP contribution in [0.3, 0.4) is 0 Å². The topological polar surface area (TPSA) is 73.2 Å². The van der Waals surface area contributed by atoms with Crippen molar-refractivity contribution in [1.82, 2.24) is 9.78 Å². The Bertz CT molecular complexity index is 677. The molecule has 1 heterocycles. The Labute approximate surface area is 122 Å². The predicted molar refractivity (Wildman–Crippen MR) is 78.3 cm³/mol. The van der Waals surface area contributed by atoms with E-state index in [1.807, 2.05) is 31.2 Å². The van der Waals surface area contributed by atoms with Crippen molar-refractivity contribution in [1.29, 1.82) is 0 Å². The van der Waals surface area contributed by atoms with Gasteiger partial charge in [-0.25, -0.2) is 4.79 Å². The lowest BCUT2D eigenvalue weighted by Crippen LogP contribution is -2.13. The lowest BCUT2D eigenvalue weighted by atomic mass is 10.2. The van der Waals surface area contributed by atoms with Crippen LogP contribution in [0.1, 0.15) is 33.5 Å². The minimum Gasteiger partial charge on any atom is -0.461 e. The number of rotatable bonds is 4. The number of nitrogens with zero attached hydrogens (tertiary/aromatic N) is 2. The number of aromatic nitrogens is 2. The van der Waals surface area contributed by atoms with Crippen LogP contribution in [0.5, 0.6) is 0 Å². The second-order valence-electron chi connectivity index (χ2n) is 4.53. The highest BCUT2D eigenvalue weighted by Gasteiger charge is 2.18. The molecule has 0 aliphatic heterocycles. The van der Waals surface area contributed by atoms with Crippen LogP contribution in [-0.4, -0.2) is 28.3 Å². The average molecular weight is 287 g/mol. The van der Waals surface area contributed by atoms with Gasteiger partial charge in [-0.2, -0.15) is 5.10 Å². The zero-order valence-corrected chi connectivity index (χ0v) is 12.2. The second-order valence-corrected chi connectivity index (χ2v) is 4.53. The minimum atomic E-state index is -0.498. The Kier molecular flexibility index (Phi) is 4.37. The van der Waals surface area contributed by atoms with E-state index in [1.165, 1.54) is 10.7 Å². The standard InChI is InChI=1S/C15H17N3O3/c1-4-21-15(20)13-9-12(17-18(13)3)14(19)16-11-8-6-5-7-10(11)2/h5-9H,4H2,1-3H3,(H,16,19). The van der Waals surface area contributed by atoms with E-state index in [0.717, 1.165) is 5.56 Å². The van der Waals surface area contributed by atoms with Crippen molar-refractivity contribution in [3.63, 3.8) is 0 Å². The predicted octanol–water partition coefficient (Wildman–Crippen LogP) is 2.16. The Balaban J connectivity index is 2.19. The van der Waals surface area contributed by atoms with Crippen LogP contribution in [0, 0.1) is 6.92 Å². The van der Waals surface area contributed by atoms with Gasteiger partial charge in [0.25, 0.3) is 5.91 Å². The fourth-order valence-electron chi connectivity index (χ4n) is 1.87. The van der Waals surface area contributed by atoms with Crippen LogP contribution in [0.25, 0.3) is 0 Å². The van der Waals surface area contributed by atoms with E-state index >= 15 is 0 Å². The summed E-state index contributed by atoms with van der Waals surface area (Å²) < 4.78 is 6.25. The van der Waals surface area contributed by atoms with E-state index in [-0.39, 0.29) is 23.9 Å². The van der Waals surface area contributed by atoms with Gasteiger partial charge in [0.05, 0.1) is 6.61 Å². The van der Waals surface area contributed by atoms with Crippen LogP contribution >= 0.6 is 0 Å². The van der Waals surface area contributed by atoms with Crippen molar-refractivity contribution in [2.45, 2.75) is 13.8 Å². The largest absolute Gasteiger partial charge is 0.461 e. The van der Waals surface area contributed by atoms with Gasteiger partial charge in [-0.15, -0.1) is 0 Å². The van der Waals surface area contributed by atoms with Crippen molar-refractivity contribution < 1.29 is 14.3 Å². The number of anilines is 1. The van der Waals surface area contributed by atoms with Gasteiger partial charge in [0.2, 0.25) is 0 Å². The Hall–Kier alpha value is -2.63. The van der Waals surface area contributed by atoms with E-state index in [2.05, 4.69) is 10.4 Å². The van der Waals surface area contributed by atoms with Crippen molar-refractivity contribution in [2.75, 3.05) is 11.9 Å². The van der Waals surface area contributed by atoms with Gasteiger partial charge in [0.1, 0.15) is 5.69 Å². The third-order valence-electron chi connectivity index (χ3n) is 2.99. The zero-order valence-electron chi connectivity index (χ0n) is 12.2. The number of nitrogens with one attached hydrogen (secondary N) is 1. The molecule has 1 N–H and O–H groups in total. The van der Waals surface area contributed by atoms with Crippen LogP contribution in [0.2, 0.25) is 0 Å². The number of carbonyl (C=O) groups is 2. The number of benzene rings is 1. The summed E-state index contributed by atoms with van der Waals surface area (Å²) in [6, 6.07) is 8.86. The van der Waals surface area contributed by atoms with Crippen molar-refractivity contribution in [3.05, 3.63) is 47.3 Å². The molecule has 0 aliphatic rings. The first-order valence-corrected chi connectivity index (χ1v) is 6.61. The SMILES string of the molecule is CCOC(=O)c1cc(C(=O)Nc2ccccc2C)nn1C. The molecule has 6 heteroatoms. The average Bonchev–Trinajstić information content (AvgIpc) is 2.84. The van der Waals surface area contributed by atoms with Crippen LogP contribution < -0.4 is 5.32 Å². The second kappa shape index (κ2) is 6.21. The highest BCUT2D eigenvalue weighted by molar-refractivity contribution is 6.04. The third kappa shape index (κ3) is 3.28. The fourth-order valence-corrected chi connectivity index (χ4v) is 1.87. The maximum Gasteiger partial charge on any atom is 0.356 e. The van der Waals surface area contributed by atoms with Gasteiger partial charge in [-0.05, 0) is 25.5 Å². The molecule has 0 spiro atoms. The number of ether oxygens (including phenoxy) is 1. The Morgan fingerprint density at radius 2 is 2.05 bits per heavy atom. The summed E-state index contributed by atoms with van der Waals surface area (Å²) in [7, 11) is 1.59. The van der Waals surface area contributed by atoms with Gasteiger partial charge in [-0.1, -0.05) is 18.2 Å². The summed E-state index contributed by atoms with van der Waals surface area (Å²) in [5.74, 6) is -0.863. The first-order valence-electron chi connectivity index (χ1n) is 6.61. The van der Waals surface area contributed by atoms with Gasteiger partial charge < -0.3 is 10.1 Å². The molecule has 0 unspecified atom stereocenters. The maximum absolute atomic E-state index is 12.2. The normalized spacial score (nSPS) is 10.2. The molecular formula is C15H17N3O3. The molecular weight excluding hydrogens is 270 g/mol. The zero-order chi connectivity index (χ0) is 15.4. The molecule has 0 fully saturated rings. The number of esters is 1. The molecule has 2 rings (SSSR count). The summed E-state index contributed by atoms with van der Waals surface area (Å²) in [5.41, 5.74) is 2.08. The summed E-state index contributed by atoms with van der Waals surface area (Å²) in [5, 5.41) is 6.81. The fraction of sp³-hybridized carbons (Fsp3) is 0.267. The van der Waals surface area contributed by atoms with E-state index < -0.39 is 5.97 Å². The lowest BCUT2D eigenvalue weighted by molar-refractivity contribution is 0.0513. The molecule has 1 aromatic carbocycles. The van der Waals surface area contributed by atoms with Gasteiger partial charge in [0.15, 0.2) is 5.69 Å². The van der Waals surface area contributed by atoms with Crippen molar-refractivity contribution in [3.8, 4) is 0 Å². The quantitative estimate of drug-likeness (QED) is 0.874. The number of aryl methyl sites for hydroxylation is 2. The molecule has 0 saturated heterocycles. The molecule has 0 aliphatic carbocycles. The van der Waals surface area contributed by atoms with Gasteiger partial charge >= 0.3 is 5.97 Å². The van der Waals surface area contributed by atoms with Crippen molar-refractivity contribution in [2.24, 2.45) is 7.05 Å². The molecule has 0 atom stereocenters. The number of carbonyl (C=O) groups excluding carboxylic acids is 2. The third-order valence-corrected chi connectivity index (χ3v) is 2.99. The number of para-hydroxylation sites is 1. The Morgan fingerprint density at radius 1 is 1.33 bits per heavy atom. The number of amides is 1.